The van der Waals surface area contributed by atoms with Crippen molar-refractivity contribution in [2.24, 2.45) is 5.73 Å². The molecule has 0 radical (unpaired) electrons. The van der Waals surface area contributed by atoms with Gasteiger partial charge in [0.25, 0.3) is 0 Å². The zero-order valence-electron chi connectivity index (χ0n) is 11.1. The topological polar surface area (TPSA) is 63.8 Å². The molecule has 0 saturated heterocycles. The standard InChI is InChI=1S/C16H16N4/c17-10-9-12-5-7-14(8-6-12)19-16-18-11-13-3-1-2-4-15(13)20-16/h1-8,11H,9-10,17H2,(H,18,19,20). The summed E-state index contributed by atoms with van der Waals surface area (Å²) in [6.45, 7) is 0.667. The number of hydrogen-bond acceptors (Lipinski definition) is 4. The number of nitrogens with one attached hydrogen (secondary N) is 1. The Kier molecular flexibility index (Phi) is 3.56. The normalized spacial score (nSPS) is 10.7. The van der Waals surface area contributed by atoms with E-state index in [9.17, 15) is 0 Å². The highest BCUT2D eigenvalue weighted by Gasteiger charge is 2.00. The summed E-state index contributed by atoms with van der Waals surface area (Å²) < 4.78 is 0. The van der Waals surface area contributed by atoms with Crippen molar-refractivity contribution < 1.29 is 0 Å². The highest BCUT2D eigenvalue weighted by Crippen LogP contribution is 2.17. The molecule has 0 spiro atoms. The molecule has 0 aliphatic heterocycles. The van der Waals surface area contributed by atoms with Crippen LogP contribution in [0.5, 0.6) is 0 Å². The molecule has 2 aromatic carbocycles. The highest BCUT2D eigenvalue weighted by atomic mass is 15.1. The van der Waals surface area contributed by atoms with E-state index in [1.807, 2.05) is 42.6 Å². The van der Waals surface area contributed by atoms with Crippen LogP contribution in [-0.2, 0) is 6.42 Å². The minimum atomic E-state index is 0.607. The number of fused-ring (bicyclic) bond motifs is 1. The van der Waals surface area contributed by atoms with Crippen LogP contribution in [0, 0.1) is 0 Å². The quantitative estimate of drug-likeness (QED) is 0.760. The van der Waals surface area contributed by atoms with E-state index in [4.69, 9.17) is 5.73 Å². The van der Waals surface area contributed by atoms with Crippen molar-refractivity contribution in [3.05, 3.63) is 60.3 Å². The van der Waals surface area contributed by atoms with Crippen LogP contribution >= 0.6 is 0 Å². The first-order chi connectivity index (χ1) is 9.85. The largest absolute Gasteiger partial charge is 0.330 e. The first kappa shape index (κ1) is 12.6. The Hall–Kier alpha value is -2.46. The molecule has 3 rings (SSSR count). The van der Waals surface area contributed by atoms with Gasteiger partial charge < -0.3 is 11.1 Å². The molecule has 0 bridgehead atoms. The number of para-hydroxylation sites is 1. The van der Waals surface area contributed by atoms with E-state index in [1.165, 1.54) is 5.56 Å². The lowest BCUT2D eigenvalue weighted by Crippen LogP contribution is -2.02. The maximum absolute atomic E-state index is 5.54. The van der Waals surface area contributed by atoms with Crippen molar-refractivity contribution in [1.29, 1.82) is 0 Å². The molecule has 1 aromatic heterocycles. The van der Waals surface area contributed by atoms with Crippen molar-refractivity contribution in [3.63, 3.8) is 0 Å². The Morgan fingerprint density at radius 2 is 1.80 bits per heavy atom. The third-order valence-corrected chi connectivity index (χ3v) is 3.13. The summed E-state index contributed by atoms with van der Waals surface area (Å²) in [6.07, 6.45) is 2.72. The van der Waals surface area contributed by atoms with E-state index < -0.39 is 0 Å². The van der Waals surface area contributed by atoms with Gasteiger partial charge in [-0.1, -0.05) is 30.3 Å². The zero-order chi connectivity index (χ0) is 13.8. The van der Waals surface area contributed by atoms with Crippen LogP contribution in [0.15, 0.2) is 54.7 Å². The summed E-state index contributed by atoms with van der Waals surface area (Å²) in [5.74, 6) is 0.607. The molecule has 0 unspecified atom stereocenters. The van der Waals surface area contributed by atoms with Crippen LogP contribution in [0.1, 0.15) is 5.56 Å². The molecule has 100 valence electrons. The molecule has 0 fully saturated rings. The van der Waals surface area contributed by atoms with Gasteiger partial charge in [-0.3, -0.25) is 0 Å². The molecule has 0 aliphatic carbocycles. The smallest absolute Gasteiger partial charge is 0.227 e. The number of nitrogens with zero attached hydrogens (tertiary/aromatic N) is 2. The summed E-state index contributed by atoms with van der Waals surface area (Å²) in [4.78, 5) is 8.81. The minimum absolute atomic E-state index is 0.607. The van der Waals surface area contributed by atoms with E-state index in [0.29, 0.717) is 12.5 Å². The Bertz CT molecular complexity index is 707. The van der Waals surface area contributed by atoms with Crippen molar-refractivity contribution in [2.45, 2.75) is 6.42 Å². The Balaban J connectivity index is 1.81. The van der Waals surface area contributed by atoms with Gasteiger partial charge in [0, 0.05) is 17.3 Å². The first-order valence-corrected chi connectivity index (χ1v) is 6.63. The fourth-order valence-electron chi connectivity index (χ4n) is 2.08. The monoisotopic (exact) mass is 264 g/mol. The van der Waals surface area contributed by atoms with Crippen molar-refractivity contribution in [3.8, 4) is 0 Å². The molecule has 20 heavy (non-hydrogen) atoms. The Labute approximate surface area is 117 Å². The lowest BCUT2D eigenvalue weighted by molar-refractivity contribution is 0.969. The summed E-state index contributed by atoms with van der Waals surface area (Å²) in [5, 5.41) is 4.25. The van der Waals surface area contributed by atoms with Gasteiger partial charge in [-0.2, -0.15) is 0 Å². The minimum Gasteiger partial charge on any atom is -0.330 e. The average molecular weight is 264 g/mol. The van der Waals surface area contributed by atoms with Crippen molar-refractivity contribution in [2.75, 3.05) is 11.9 Å². The molecule has 0 atom stereocenters. The maximum Gasteiger partial charge on any atom is 0.227 e. The van der Waals surface area contributed by atoms with Crippen LogP contribution in [-0.4, -0.2) is 16.5 Å². The third-order valence-electron chi connectivity index (χ3n) is 3.13. The Morgan fingerprint density at radius 1 is 1.00 bits per heavy atom. The first-order valence-electron chi connectivity index (χ1n) is 6.63. The number of aromatic nitrogens is 2. The fourth-order valence-corrected chi connectivity index (χ4v) is 2.08. The molecular weight excluding hydrogens is 248 g/mol. The summed E-state index contributed by atoms with van der Waals surface area (Å²) in [6, 6.07) is 16.1. The van der Waals surface area contributed by atoms with E-state index in [1.54, 1.807) is 0 Å². The number of nitrogens with two attached hydrogens (primary N) is 1. The zero-order valence-corrected chi connectivity index (χ0v) is 11.1. The maximum atomic E-state index is 5.54. The van der Waals surface area contributed by atoms with Gasteiger partial charge in [-0.25, -0.2) is 9.97 Å². The predicted octanol–water partition coefficient (Wildman–Crippen LogP) is 2.87. The van der Waals surface area contributed by atoms with E-state index >= 15 is 0 Å². The van der Waals surface area contributed by atoms with Gasteiger partial charge in [0.05, 0.1) is 5.52 Å². The lowest BCUT2D eigenvalue weighted by atomic mass is 10.1. The second-order valence-corrected chi connectivity index (χ2v) is 4.61. The fraction of sp³-hybridized carbons (Fsp3) is 0.125. The average Bonchev–Trinajstić information content (AvgIpc) is 2.49. The summed E-state index contributed by atoms with van der Waals surface area (Å²) >= 11 is 0. The van der Waals surface area contributed by atoms with Gasteiger partial charge in [0.15, 0.2) is 0 Å². The van der Waals surface area contributed by atoms with Crippen LogP contribution in [0.25, 0.3) is 10.9 Å². The number of hydrogen-bond donors (Lipinski definition) is 2. The van der Waals surface area contributed by atoms with E-state index in [2.05, 4.69) is 27.4 Å². The summed E-state index contributed by atoms with van der Waals surface area (Å²) in [7, 11) is 0. The van der Waals surface area contributed by atoms with E-state index in [-0.39, 0.29) is 0 Å². The van der Waals surface area contributed by atoms with Gasteiger partial charge in [-0.05, 0) is 36.7 Å². The molecule has 0 aliphatic rings. The van der Waals surface area contributed by atoms with Gasteiger partial charge >= 0.3 is 0 Å². The second-order valence-electron chi connectivity index (χ2n) is 4.61. The SMILES string of the molecule is NCCc1ccc(Nc2ncc3ccccc3n2)cc1. The number of benzene rings is 2. The Morgan fingerprint density at radius 3 is 2.60 bits per heavy atom. The van der Waals surface area contributed by atoms with Crippen molar-refractivity contribution >= 4 is 22.5 Å². The van der Waals surface area contributed by atoms with Crippen LogP contribution in [0.2, 0.25) is 0 Å². The lowest BCUT2D eigenvalue weighted by Gasteiger charge is -2.06. The molecule has 1 heterocycles. The number of anilines is 2. The molecular formula is C16H16N4. The molecule has 3 aromatic rings. The van der Waals surface area contributed by atoms with E-state index in [0.717, 1.165) is 23.0 Å². The van der Waals surface area contributed by atoms with Gasteiger partial charge in [-0.15, -0.1) is 0 Å². The summed E-state index contributed by atoms with van der Waals surface area (Å²) in [5.41, 5.74) is 8.68. The van der Waals surface area contributed by atoms with Crippen LogP contribution in [0.4, 0.5) is 11.6 Å². The van der Waals surface area contributed by atoms with Gasteiger partial charge in [0.2, 0.25) is 5.95 Å². The predicted molar refractivity (Wildman–Crippen MR) is 82.0 cm³/mol. The third kappa shape index (κ3) is 2.75. The second kappa shape index (κ2) is 5.67. The van der Waals surface area contributed by atoms with Crippen LogP contribution in [0.3, 0.4) is 0 Å². The van der Waals surface area contributed by atoms with Crippen molar-refractivity contribution in [1.82, 2.24) is 9.97 Å². The van der Waals surface area contributed by atoms with Crippen LogP contribution < -0.4 is 11.1 Å². The van der Waals surface area contributed by atoms with Gasteiger partial charge in [0.1, 0.15) is 0 Å². The molecule has 4 nitrogen and oxygen atoms in total. The molecule has 4 heteroatoms. The number of rotatable bonds is 4. The highest BCUT2D eigenvalue weighted by molar-refractivity contribution is 5.78. The molecule has 0 saturated carbocycles. The molecule has 3 N–H and O–H groups in total. The molecule has 0 amide bonds.